The molecule has 0 bridgehead atoms. The summed E-state index contributed by atoms with van der Waals surface area (Å²) < 4.78 is 2.08. The molecule has 3 heterocycles. The predicted molar refractivity (Wildman–Crippen MR) is 142 cm³/mol. The number of benzene rings is 3. The van der Waals surface area contributed by atoms with E-state index < -0.39 is 0 Å². The van der Waals surface area contributed by atoms with Crippen LogP contribution in [0, 0.1) is 13.8 Å². The van der Waals surface area contributed by atoms with E-state index in [2.05, 4.69) is 44.6 Å². The number of hydrogen-bond donors (Lipinski definition) is 0. The zero-order valence-electron chi connectivity index (χ0n) is 20.6. The van der Waals surface area contributed by atoms with Gasteiger partial charge in [-0.3, -0.25) is 4.79 Å². The van der Waals surface area contributed by atoms with Crippen LogP contribution in [0.5, 0.6) is 0 Å². The molecule has 0 saturated carbocycles. The maximum Gasteiger partial charge on any atom is 0.254 e. The molecule has 0 spiro atoms. The third kappa shape index (κ3) is 3.86. The summed E-state index contributed by atoms with van der Waals surface area (Å²) in [7, 11) is 0. The maximum atomic E-state index is 13.3. The number of amides is 1. The van der Waals surface area contributed by atoms with E-state index in [1.54, 1.807) is 0 Å². The highest BCUT2D eigenvalue weighted by atomic mass is 16.2. The van der Waals surface area contributed by atoms with Crippen LogP contribution in [0.2, 0.25) is 0 Å². The molecule has 0 atom stereocenters. The molecular formula is C29H28N6O. The molecule has 7 nitrogen and oxygen atoms in total. The van der Waals surface area contributed by atoms with Crippen LogP contribution in [-0.4, -0.2) is 56.6 Å². The molecule has 1 aliphatic heterocycles. The van der Waals surface area contributed by atoms with Crippen LogP contribution in [0.1, 0.15) is 27.9 Å². The summed E-state index contributed by atoms with van der Waals surface area (Å²) in [6.45, 7) is 6.90. The first-order valence-corrected chi connectivity index (χ1v) is 12.4. The highest BCUT2D eigenvalue weighted by Gasteiger charge is 2.25. The van der Waals surface area contributed by atoms with Gasteiger partial charge in [-0.15, -0.1) is 10.2 Å². The lowest BCUT2D eigenvalue weighted by molar-refractivity contribution is 0.0766. The standard InChI is InChI=1S/C29H28N6O/c1-20-9-7-11-22(19-20)26-31-32-27-24-13-5-6-14-25(24)30-29(35(26)27)34-16-8-15-33(17-18-34)28(36)23-12-4-3-10-21(23)2/h3-7,9-14,19H,8,15-18H2,1-2H3. The van der Waals surface area contributed by atoms with E-state index >= 15 is 0 Å². The van der Waals surface area contributed by atoms with E-state index in [1.807, 2.05) is 66.4 Å². The first-order valence-electron chi connectivity index (χ1n) is 12.4. The van der Waals surface area contributed by atoms with Crippen LogP contribution < -0.4 is 4.90 Å². The Morgan fingerprint density at radius 3 is 2.53 bits per heavy atom. The Bertz CT molecular complexity index is 1590. The van der Waals surface area contributed by atoms with E-state index in [9.17, 15) is 4.79 Å². The number of carbonyl (C=O) groups is 1. The summed E-state index contributed by atoms with van der Waals surface area (Å²) in [5, 5.41) is 10.2. The van der Waals surface area contributed by atoms with Gasteiger partial charge in [-0.1, -0.05) is 54.1 Å². The predicted octanol–water partition coefficient (Wildman–Crippen LogP) is 4.91. The summed E-state index contributed by atoms with van der Waals surface area (Å²) in [6, 6.07) is 24.2. The second-order valence-electron chi connectivity index (χ2n) is 9.43. The topological polar surface area (TPSA) is 66.6 Å². The summed E-state index contributed by atoms with van der Waals surface area (Å²) in [6.07, 6.45) is 0.857. The molecule has 1 aliphatic rings. The van der Waals surface area contributed by atoms with Crippen molar-refractivity contribution in [2.24, 2.45) is 0 Å². The van der Waals surface area contributed by atoms with Gasteiger partial charge in [0.05, 0.1) is 5.52 Å². The summed E-state index contributed by atoms with van der Waals surface area (Å²) in [5.74, 6) is 1.69. The van der Waals surface area contributed by atoms with Crippen molar-refractivity contribution in [3.63, 3.8) is 0 Å². The fraction of sp³-hybridized carbons (Fsp3) is 0.241. The molecule has 2 aromatic heterocycles. The highest BCUT2D eigenvalue weighted by molar-refractivity contribution is 5.96. The summed E-state index contributed by atoms with van der Waals surface area (Å²) >= 11 is 0. The van der Waals surface area contributed by atoms with Gasteiger partial charge >= 0.3 is 0 Å². The van der Waals surface area contributed by atoms with Gasteiger partial charge in [-0.05, 0) is 50.1 Å². The van der Waals surface area contributed by atoms with Crippen molar-refractivity contribution in [3.05, 3.63) is 89.5 Å². The maximum absolute atomic E-state index is 13.3. The third-order valence-corrected chi connectivity index (χ3v) is 6.95. The van der Waals surface area contributed by atoms with E-state index in [0.717, 1.165) is 58.0 Å². The number of carbonyl (C=O) groups excluding carboxylic acids is 1. The van der Waals surface area contributed by atoms with Crippen LogP contribution in [0.25, 0.3) is 27.9 Å². The van der Waals surface area contributed by atoms with Gasteiger partial charge in [0.2, 0.25) is 5.95 Å². The number of para-hydroxylation sites is 1. The Hall–Kier alpha value is -4.26. The first-order chi connectivity index (χ1) is 17.6. The molecule has 36 heavy (non-hydrogen) atoms. The van der Waals surface area contributed by atoms with Crippen LogP contribution in [0.15, 0.2) is 72.8 Å². The Labute approximate surface area is 210 Å². The number of nitrogens with zero attached hydrogens (tertiary/aromatic N) is 6. The third-order valence-electron chi connectivity index (χ3n) is 6.95. The van der Waals surface area contributed by atoms with Crippen molar-refractivity contribution in [2.75, 3.05) is 31.1 Å². The number of fused-ring (bicyclic) bond motifs is 3. The van der Waals surface area contributed by atoms with Gasteiger partial charge in [-0.2, -0.15) is 0 Å². The van der Waals surface area contributed by atoms with Crippen molar-refractivity contribution in [2.45, 2.75) is 20.3 Å². The Kier molecular flexibility index (Phi) is 5.60. The molecule has 1 amide bonds. The lowest BCUT2D eigenvalue weighted by Crippen LogP contribution is -2.36. The molecule has 5 aromatic rings. The fourth-order valence-electron chi connectivity index (χ4n) is 5.05. The van der Waals surface area contributed by atoms with Crippen molar-refractivity contribution in [1.29, 1.82) is 0 Å². The lowest BCUT2D eigenvalue weighted by Gasteiger charge is -2.24. The minimum absolute atomic E-state index is 0.0938. The van der Waals surface area contributed by atoms with E-state index in [0.29, 0.717) is 19.6 Å². The average molecular weight is 477 g/mol. The van der Waals surface area contributed by atoms with Gasteiger partial charge < -0.3 is 9.80 Å². The van der Waals surface area contributed by atoms with Gasteiger partial charge in [-0.25, -0.2) is 9.38 Å². The summed E-state index contributed by atoms with van der Waals surface area (Å²) in [5.41, 5.74) is 5.64. The molecule has 0 radical (unpaired) electrons. The SMILES string of the molecule is Cc1cccc(-c2nnc3c4ccccc4nc(N4CCCN(C(=O)c5ccccc5C)CC4)n23)c1. The van der Waals surface area contributed by atoms with Crippen molar-refractivity contribution in [3.8, 4) is 11.4 Å². The number of hydrogen-bond acceptors (Lipinski definition) is 5. The van der Waals surface area contributed by atoms with Gasteiger partial charge in [0.25, 0.3) is 5.91 Å². The molecule has 0 N–H and O–H groups in total. The molecule has 7 heteroatoms. The molecule has 1 saturated heterocycles. The van der Waals surface area contributed by atoms with Gasteiger partial charge in [0, 0.05) is 42.7 Å². The van der Waals surface area contributed by atoms with Gasteiger partial charge in [0.15, 0.2) is 11.5 Å². The van der Waals surface area contributed by atoms with Crippen molar-refractivity contribution < 1.29 is 4.79 Å². The molecule has 3 aromatic carbocycles. The second kappa shape index (κ2) is 9.07. The zero-order chi connectivity index (χ0) is 24.6. The second-order valence-corrected chi connectivity index (χ2v) is 9.43. The van der Waals surface area contributed by atoms with Crippen LogP contribution >= 0.6 is 0 Å². The smallest absolute Gasteiger partial charge is 0.254 e. The fourth-order valence-corrected chi connectivity index (χ4v) is 5.05. The van der Waals surface area contributed by atoms with E-state index in [1.165, 1.54) is 5.56 Å². The van der Waals surface area contributed by atoms with Crippen LogP contribution in [0.4, 0.5) is 5.95 Å². The average Bonchev–Trinajstić information content (AvgIpc) is 3.20. The minimum atomic E-state index is 0.0938. The molecule has 0 aliphatic carbocycles. The molecule has 1 fully saturated rings. The van der Waals surface area contributed by atoms with Crippen LogP contribution in [0.3, 0.4) is 0 Å². The lowest BCUT2D eigenvalue weighted by atomic mass is 10.1. The first kappa shape index (κ1) is 22.2. The molecule has 0 unspecified atom stereocenters. The zero-order valence-corrected chi connectivity index (χ0v) is 20.6. The normalized spacial score (nSPS) is 14.4. The monoisotopic (exact) mass is 476 g/mol. The quantitative estimate of drug-likeness (QED) is 0.370. The highest BCUT2D eigenvalue weighted by Crippen LogP contribution is 2.29. The minimum Gasteiger partial charge on any atom is -0.340 e. The van der Waals surface area contributed by atoms with E-state index in [-0.39, 0.29) is 5.91 Å². The largest absolute Gasteiger partial charge is 0.340 e. The Morgan fingerprint density at radius 1 is 0.833 bits per heavy atom. The van der Waals surface area contributed by atoms with Crippen LogP contribution in [-0.2, 0) is 0 Å². The van der Waals surface area contributed by atoms with Crippen molar-refractivity contribution >= 4 is 28.4 Å². The summed E-state index contributed by atoms with van der Waals surface area (Å²) in [4.78, 5) is 22.6. The molecular weight excluding hydrogens is 448 g/mol. The Balaban J connectivity index is 1.41. The van der Waals surface area contributed by atoms with E-state index in [4.69, 9.17) is 4.98 Å². The van der Waals surface area contributed by atoms with Gasteiger partial charge in [0.1, 0.15) is 0 Å². The molecule has 6 rings (SSSR count). The number of anilines is 1. The number of aryl methyl sites for hydroxylation is 2. The number of rotatable bonds is 3. The number of aromatic nitrogens is 4. The van der Waals surface area contributed by atoms with Crippen molar-refractivity contribution in [1.82, 2.24) is 24.5 Å². The Morgan fingerprint density at radius 2 is 1.67 bits per heavy atom. The molecule has 180 valence electrons.